The number of aryl methyl sites for hydroxylation is 1. The van der Waals surface area contributed by atoms with Gasteiger partial charge in [-0.1, -0.05) is 18.2 Å². The lowest BCUT2D eigenvalue weighted by Gasteiger charge is -2.43. The van der Waals surface area contributed by atoms with Gasteiger partial charge in [0.05, 0.1) is 10.9 Å². The number of anilines is 1. The molecule has 0 N–H and O–H groups in total. The van der Waals surface area contributed by atoms with Gasteiger partial charge in [-0.25, -0.2) is 9.97 Å². The zero-order valence-electron chi connectivity index (χ0n) is 23.2. The highest BCUT2D eigenvalue weighted by atomic mass is 19.4. The third-order valence-corrected chi connectivity index (χ3v) is 7.66. The summed E-state index contributed by atoms with van der Waals surface area (Å²) in [5.74, 6) is 1.03. The van der Waals surface area contributed by atoms with Crippen LogP contribution < -0.4 is 9.64 Å². The lowest BCUT2D eigenvalue weighted by Crippen LogP contribution is -2.55. The molecule has 7 nitrogen and oxygen atoms in total. The molecule has 1 saturated heterocycles. The van der Waals surface area contributed by atoms with E-state index in [0.717, 1.165) is 41.3 Å². The van der Waals surface area contributed by atoms with E-state index in [-0.39, 0.29) is 18.6 Å². The zero-order chi connectivity index (χ0) is 29.1. The van der Waals surface area contributed by atoms with Crippen molar-refractivity contribution in [2.24, 2.45) is 0 Å². The minimum absolute atomic E-state index is 0.0136. The zero-order valence-corrected chi connectivity index (χ0v) is 23.2. The Morgan fingerprint density at radius 2 is 1.66 bits per heavy atom. The number of hydrogen-bond donors (Lipinski definition) is 0. The number of Topliss-reactive ketones (excluding diaryl/α,β-unsaturated/α-hetero) is 1. The van der Waals surface area contributed by atoms with Gasteiger partial charge in [0.25, 0.3) is 0 Å². The van der Waals surface area contributed by atoms with Gasteiger partial charge in [0.15, 0.2) is 0 Å². The van der Waals surface area contributed by atoms with Crippen molar-refractivity contribution in [3.05, 3.63) is 83.9 Å². The third kappa shape index (κ3) is 6.82. The lowest BCUT2D eigenvalue weighted by molar-refractivity contribution is -0.141. The van der Waals surface area contributed by atoms with E-state index in [2.05, 4.69) is 57.8 Å². The van der Waals surface area contributed by atoms with Crippen LogP contribution in [-0.2, 0) is 23.8 Å². The summed E-state index contributed by atoms with van der Waals surface area (Å²) in [5, 5.41) is 0.809. The maximum atomic E-state index is 12.7. The molecule has 0 bridgehead atoms. The van der Waals surface area contributed by atoms with E-state index in [0.29, 0.717) is 35.7 Å². The van der Waals surface area contributed by atoms with Gasteiger partial charge in [0.2, 0.25) is 5.88 Å². The van der Waals surface area contributed by atoms with E-state index in [4.69, 9.17) is 4.74 Å². The number of pyridine rings is 1. The maximum Gasteiger partial charge on any atom is 0.433 e. The van der Waals surface area contributed by atoms with Gasteiger partial charge < -0.3 is 9.64 Å². The maximum absolute atomic E-state index is 12.7. The monoisotopic (exact) mass is 563 g/mol. The van der Waals surface area contributed by atoms with E-state index >= 15 is 0 Å². The molecule has 0 aliphatic carbocycles. The average Bonchev–Trinajstić information content (AvgIpc) is 2.95. The first kappa shape index (κ1) is 28.5. The van der Waals surface area contributed by atoms with Crippen LogP contribution in [0.2, 0.25) is 0 Å². The Balaban J connectivity index is 1.19. The smallest absolute Gasteiger partial charge is 0.433 e. The number of hydrogen-bond acceptors (Lipinski definition) is 7. The molecule has 0 saturated carbocycles. The number of alkyl halides is 3. The van der Waals surface area contributed by atoms with Crippen LogP contribution in [0.3, 0.4) is 0 Å². The molecule has 1 fully saturated rings. The molecule has 41 heavy (non-hydrogen) atoms. The molecular formula is C31H32F3N5O2. The molecule has 2 aromatic carbocycles. The van der Waals surface area contributed by atoms with Gasteiger partial charge in [-0.15, -0.1) is 0 Å². The molecule has 5 rings (SSSR count). The molecule has 1 aliphatic heterocycles. The first-order valence-electron chi connectivity index (χ1n) is 13.6. The fraction of sp³-hybridized carbons (Fsp3) is 0.355. The summed E-state index contributed by atoms with van der Waals surface area (Å²) in [6.07, 6.45) is -1.04. The van der Waals surface area contributed by atoms with Gasteiger partial charge in [-0.05, 0) is 74.8 Å². The summed E-state index contributed by atoms with van der Waals surface area (Å²) in [7, 11) is 2.17. The summed E-state index contributed by atoms with van der Waals surface area (Å²) in [4.78, 5) is 29.5. The number of halogens is 3. The summed E-state index contributed by atoms with van der Waals surface area (Å²) in [6.45, 7) is 6.37. The molecule has 0 spiro atoms. The van der Waals surface area contributed by atoms with Crippen LogP contribution in [0, 0.1) is 0 Å². The highest BCUT2D eigenvalue weighted by Gasteiger charge is 2.32. The highest BCUT2D eigenvalue weighted by Crippen LogP contribution is 2.31. The number of rotatable bonds is 8. The van der Waals surface area contributed by atoms with Crippen LogP contribution in [0.25, 0.3) is 10.9 Å². The number of carbonyl (C=O) groups is 1. The summed E-state index contributed by atoms with van der Waals surface area (Å²) in [6, 6.07) is 16.6. The van der Waals surface area contributed by atoms with Crippen LogP contribution in [0.1, 0.15) is 37.1 Å². The molecule has 0 unspecified atom stereocenters. The number of nitrogens with zero attached hydrogens (tertiary/aromatic N) is 5. The van der Waals surface area contributed by atoms with Crippen molar-refractivity contribution in [3.8, 4) is 11.6 Å². The predicted molar refractivity (Wildman–Crippen MR) is 151 cm³/mol. The van der Waals surface area contributed by atoms with E-state index in [9.17, 15) is 18.0 Å². The first-order valence-corrected chi connectivity index (χ1v) is 13.6. The number of aromatic nitrogens is 3. The van der Waals surface area contributed by atoms with Crippen LogP contribution in [-0.4, -0.2) is 57.9 Å². The summed E-state index contributed by atoms with van der Waals surface area (Å²) >= 11 is 0. The molecule has 10 heteroatoms. The van der Waals surface area contributed by atoms with Crippen molar-refractivity contribution in [1.29, 1.82) is 0 Å². The predicted octanol–water partition coefficient (Wildman–Crippen LogP) is 6.11. The largest absolute Gasteiger partial charge is 0.438 e. The topological polar surface area (TPSA) is 71.5 Å². The second-order valence-electron chi connectivity index (χ2n) is 10.7. The van der Waals surface area contributed by atoms with Crippen molar-refractivity contribution in [2.45, 2.75) is 51.4 Å². The Morgan fingerprint density at radius 3 is 2.32 bits per heavy atom. The normalized spacial score (nSPS) is 18.0. The van der Waals surface area contributed by atoms with Crippen LogP contribution in [0.15, 0.2) is 67.1 Å². The molecule has 3 heterocycles. The van der Waals surface area contributed by atoms with Gasteiger partial charge in [-0.2, -0.15) is 13.2 Å². The minimum Gasteiger partial charge on any atom is -0.438 e. The van der Waals surface area contributed by atoms with E-state index in [1.165, 1.54) is 18.6 Å². The standard InChI is InChI=1S/C31H32F3N5O2/c1-20-17-39(18-21(2)38(20)3)24-8-12-27-28(15-24)36-19-37-30(27)41-26-10-5-22(6-11-26)14-25(40)9-4-23-7-13-29(35-16-23)31(32,33)34/h5-8,10-13,15-16,19-21H,4,9,14,17-18H2,1-3H3/t20-,21+. The Bertz CT molecular complexity index is 1500. The number of likely N-dealkylation sites (N-methyl/N-ethyl adjacent to an activating group) is 1. The Labute approximate surface area is 237 Å². The van der Waals surface area contributed by atoms with E-state index < -0.39 is 11.9 Å². The first-order chi connectivity index (χ1) is 19.6. The number of piperazine rings is 1. The SMILES string of the molecule is C[C@@H]1CN(c2ccc3c(Oc4ccc(CC(=O)CCc5ccc(C(F)(F)F)nc5)cc4)ncnc3c2)C[C@H](C)N1C. The number of ether oxygens (including phenoxy) is 1. The van der Waals surface area contributed by atoms with Crippen molar-refractivity contribution >= 4 is 22.4 Å². The van der Waals surface area contributed by atoms with Crippen molar-refractivity contribution in [1.82, 2.24) is 19.9 Å². The van der Waals surface area contributed by atoms with E-state index in [1.54, 1.807) is 12.1 Å². The second kappa shape index (κ2) is 11.8. The highest BCUT2D eigenvalue weighted by molar-refractivity contribution is 5.86. The van der Waals surface area contributed by atoms with Gasteiger partial charge in [0, 0.05) is 49.9 Å². The van der Waals surface area contributed by atoms with Crippen LogP contribution in [0.4, 0.5) is 18.9 Å². The fourth-order valence-electron chi connectivity index (χ4n) is 5.04. The lowest BCUT2D eigenvalue weighted by atomic mass is 10.0. The van der Waals surface area contributed by atoms with Crippen LogP contribution >= 0.6 is 0 Å². The molecule has 214 valence electrons. The molecule has 0 radical (unpaired) electrons. The second-order valence-corrected chi connectivity index (χ2v) is 10.7. The van der Waals surface area contributed by atoms with Gasteiger partial charge in [-0.3, -0.25) is 14.7 Å². The molecule has 0 amide bonds. The Morgan fingerprint density at radius 1 is 0.951 bits per heavy atom. The molecule has 1 aliphatic rings. The minimum atomic E-state index is -4.48. The van der Waals surface area contributed by atoms with Crippen LogP contribution in [0.5, 0.6) is 11.6 Å². The quantitative estimate of drug-likeness (QED) is 0.256. The number of benzene rings is 2. The van der Waals surface area contributed by atoms with Crippen molar-refractivity contribution in [3.63, 3.8) is 0 Å². The molecule has 2 atom stereocenters. The van der Waals surface area contributed by atoms with E-state index in [1.807, 2.05) is 18.2 Å². The number of fused-ring (bicyclic) bond motifs is 1. The average molecular weight is 564 g/mol. The fourth-order valence-corrected chi connectivity index (χ4v) is 5.04. The summed E-state index contributed by atoms with van der Waals surface area (Å²) in [5.41, 5.74) is 2.40. The van der Waals surface area contributed by atoms with Gasteiger partial charge in [0.1, 0.15) is 23.6 Å². The van der Waals surface area contributed by atoms with Crippen molar-refractivity contribution < 1.29 is 22.7 Å². The number of carbonyl (C=O) groups excluding carboxylic acids is 1. The molecule has 4 aromatic rings. The molecule has 2 aromatic heterocycles. The van der Waals surface area contributed by atoms with Crippen molar-refractivity contribution in [2.75, 3.05) is 25.0 Å². The number of ketones is 1. The van der Waals surface area contributed by atoms with Gasteiger partial charge >= 0.3 is 6.18 Å². The Hall–Kier alpha value is -4.05. The summed E-state index contributed by atoms with van der Waals surface area (Å²) < 4.78 is 44.1. The molecular weight excluding hydrogens is 531 g/mol. The Kier molecular flexibility index (Phi) is 8.21. The third-order valence-electron chi connectivity index (χ3n) is 7.66.